The highest BCUT2D eigenvalue weighted by Gasteiger charge is 2.11. The molecule has 1 aromatic rings. The average Bonchev–Trinajstić information content (AvgIpc) is 2.43. The minimum absolute atomic E-state index is 0.0673. The highest BCUT2D eigenvalue weighted by atomic mass is 16.5. The molecular weight excluding hydrogens is 242 g/mol. The van der Waals surface area contributed by atoms with Crippen LogP contribution < -0.4 is 10.1 Å². The third-order valence-corrected chi connectivity index (χ3v) is 3.07. The van der Waals surface area contributed by atoms with Crippen LogP contribution in [0.1, 0.15) is 42.6 Å². The van der Waals surface area contributed by atoms with E-state index in [2.05, 4.69) is 5.32 Å². The van der Waals surface area contributed by atoms with Crippen LogP contribution in [0.2, 0.25) is 0 Å². The molecule has 0 aliphatic carbocycles. The van der Waals surface area contributed by atoms with Crippen LogP contribution in [-0.2, 0) is 4.79 Å². The lowest BCUT2D eigenvalue weighted by Crippen LogP contribution is -2.37. The summed E-state index contributed by atoms with van der Waals surface area (Å²) in [7, 11) is 0. The van der Waals surface area contributed by atoms with Gasteiger partial charge in [-0.15, -0.1) is 0 Å². The van der Waals surface area contributed by atoms with Crippen molar-refractivity contribution in [2.24, 2.45) is 0 Å². The molecule has 0 bridgehead atoms. The summed E-state index contributed by atoms with van der Waals surface area (Å²) in [4.78, 5) is 22.6. The maximum atomic E-state index is 11.7. The van der Waals surface area contributed by atoms with Crippen molar-refractivity contribution < 1.29 is 14.3 Å². The summed E-state index contributed by atoms with van der Waals surface area (Å²) in [5.74, 6) is 0.325. The number of hydrogen-bond donors (Lipinski definition) is 1. The molecule has 0 aromatic heterocycles. The molecule has 0 atom stereocenters. The standard InChI is InChI=1S/C15H21NO3/c1-4-13(5-2)16-14(18)10-19-15-11(3)7-6-8-12(15)9-17/h6-9,13H,4-5,10H2,1-3H3,(H,16,18). The molecule has 1 aromatic carbocycles. The summed E-state index contributed by atoms with van der Waals surface area (Å²) in [6.07, 6.45) is 2.53. The van der Waals surface area contributed by atoms with Crippen LogP contribution >= 0.6 is 0 Å². The largest absolute Gasteiger partial charge is 0.483 e. The van der Waals surface area contributed by atoms with E-state index >= 15 is 0 Å². The first kappa shape index (κ1) is 15.2. The summed E-state index contributed by atoms with van der Waals surface area (Å²) in [5, 5.41) is 2.89. The van der Waals surface area contributed by atoms with Crippen LogP contribution in [-0.4, -0.2) is 24.8 Å². The first-order chi connectivity index (χ1) is 9.12. The molecule has 1 amide bonds. The number of aryl methyl sites for hydroxylation is 1. The Morgan fingerprint density at radius 3 is 2.63 bits per heavy atom. The van der Waals surface area contributed by atoms with E-state index in [1.807, 2.05) is 26.8 Å². The number of nitrogens with one attached hydrogen (secondary N) is 1. The predicted molar refractivity (Wildman–Crippen MR) is 74.6 cm³/mol. The van der Waals surface area contributed by atoms with E-state index in [1.54, 1.807) is 12.1 Å². The zero-order chi connectivity index (χ0) is 14.3. The van der Waals surface area contributed by atoms with E-state index in [0.717, 1.165) is 24.7 Å². The molecule has 104 valence electrons. The van der Waals surface area contributed by atoms with Crippen LogP contribution in [0.25, 0.3) is 0 Å². The molecule has 4 heteroatoms. The van der Waals surface area contributed by atoms with Gasteiger partial charge in [0.05, 0.1) is 5.56 Å². The molecule has 0 saturated carbocycles. The zero-order valence-corrected chi connectivity index (χ0v) is 11.7. The van der Waals surface area contributed by atoms with Crippen LogP contribution in [0.3, 0.4) is 0 Å². The molecule has 4 nitrogen and oxygen atoms in total. The normalized spacial score (nSPS) is 10.3. The van der Waals surface area contributed by atoms with Crippen molar-refractivity contribution in [2.75, 3.05) is 6.61 Å². The van der Waals surface area contributed by atoms with Gasteiger partial charge in [0.15, 0.2) is 12.9 Å². The fraction of sp³-hybridized carbons (Fsp3) is 0.467. The van der Waals surface area contributed by atoms with Gasteiger partial charge in [-0.3, -0.25) is 9.59 Å². The Morgan fingerprint density at radius 1 is 1.37 bits per heavy atom. The summed E-state index contributed by atoms with van der Waals surface area (Å²) in [6.45, 7) is 5.84. The minimum Gasteiger partial charge on any atom is -0.483 e. The summed E-state index contributed by atoms with van der Waals surface area (Å²) >= 11 is 0. The van der Waals surface area contributed by atoms with Crippen LogP contribution in [0.5, 0.6) is 5.75 Å². The molecule has 1 N–H and O–H groups in total. The second-order valence-corrected chi connectivity index (χ2v) is 4.48. The van der Waals surface area contributed by atoms with Gasteiger partial charge in [0.25, 0.3) is 5.91 Å². The minimum atomic E-state index is -0.159. The van der Waals surface area contributed by atoms with Gasteiger partial charge in [-0.25, -0.2) is 0 Å². The first-order valence-corrected chi connectivity index (χ1v) is 6.59. The van der Waals surface area contributed by atoms with E-state index in [4.69, 9.17) is 4.74 Å². The molecule has 1 rings (SSSR count). The van der Waals surface area contributed by atoms with Crippen molar-refractivity contribution in [1.82, 2.24) is 5.32 Å². The number of para-hydroxylation sites is 1. The molecule has 0 radical (unpaired) electrons. The smallest absolute Gasteiger partial charge is 0.258 e. The Kier molecular flexibility index (Phi) is 6.06. The van der Waals surface area contributed by atoms with E-state index < -0.39 is 0 Å². The number of benzene rings is 1. The van der Waals surface area contributed by atoms with Crippen LogP contribution in [0.15, 0.2) is 18.2 Å². The van der Waals surface area contributed by atoms with Gasteiger partial charge < -0.3 is 10.1 Å². The molecule has 0 heterocycles. The van der Waals surface area contributed by atoms with Gasteiger partial charge in [0.1, 0.15) is 5.75 Å². The average molecular weight is 263 g/mol. The zero-order valence-electron chi connectivity index (χ0n) is 11.7. The number of hydrogen-bond acceptors (Lipinski definition) is 3. The van der Waals surface area contributed by atoms with Gasteiger partial charge in [-0.1, -0.05) is 26.0 Å². The quantitative estimate of drug-likeness (QED) is 0.769. The number of amides is 1. The maximum absolute atomic E-state index is 11.7. The molecule has 0 saturated heterocycles. The molecule has 0 aliphatic rings. The predicted octanol–water partition coefficient (Wildman–Crippen LogP) is 2.49. The van der Waals surface area contributed by atoms with Gasteiger partial charge in [0.2, 0.25) is 0 Å². The van der Waals surface area contributed by atoms with Crippen molar-refractivity contribution in [2.45, 2.75) is 39.7 Å². The Bertz CT molecular complexity index is 439. The summed E-state index contributed by atoms with van der Waals surface area (Å²) < 4.78 is 5.47. The van der Waals surface area contributed by atoms with E-state index in [0.29, 0.717) is 11.3 Å². The summed E-state index contributed by atoms with van der Waals surface area (Å²) in [6, 6.07) is 5.49. The third kappa shape index (κ3) is 4.39. The first-order valence-electron chi connectivity index (χ1n) is 6.59. The highest BCUT2D eigenvalue weighted by molar-refractivity contribution is 5.81. The SMILES string of the molecule is CCC(CC)NC(=O)COc1c(C)cccc1C=O. The highest BCUT2D eigenvalue weighted by Crippen LogP contribution is 2.21. The molecule has 0 aliphatic heterocycles. The monoisotopic (exact) mass is 263 g/mol. The topological polar surface area (TPSA) is 55.4 Å². The fourth-order valence-electron chi connectivity index (χ4n) is 1.86. The number of aldehydes is 1. The second-order valence-electron chi connectivity index (χ2n) is 4.48. The maximum Gasteiger partial charge on any atom is 0.258 e. The van der Waals surface area contributed by atoms with Gasteiger partial charge in [-0.2, -0.15) is 0 Å². The Morgan fingerprint density at radius 2 is 2.05 bits per heavy atom. The van der Waals surface area contributed by atoms with Crippen molar-refractivity contribution >= 4 is 12.2 Å². The molecule has 19 heavy (non-hydrogen) atoms. The Hall–Kier alpha value is -1.84. The second kappa shape index (κ2) is 7.56. The third-order valence-electron chi connectivity index (χ3n) is 3.07. The van der Waals surface area contributed by atoms with Crippen LogP contribution in [0.4, 0.5) is 0 Å². The van der Waals surface area contributed by atoms with E-state index in [9.17, 15) is 9.59 Å². The lowest BCUT2D eigenvalue weighted by molar-refractivity contribution is -0.123. The summed E-state index contributed by atoms with van der Waals surface area (Å²) in [5.41, 5.74) is 1.32. The lowest BCUT2D eigenvalue weighted by Gasteiger charge is -2.16. The van der Waals surface area contributed by atoms with Gasteiger partial charge >= 0.3 is 0 Å². The Balaban J connectivity index is 2.62. The van der Waals surface area contributed by atoms with Crippen molar-refractivity contribution in [3.8, 4) is 5.75 Å². The number of carbonyl (C=O) groups excluding carboxylic acids is 2. The van der Waals surface area contributed by atoms with E-state index in [1.165, 1.54) is 0 Å². The van der Waals surface area contributed by atoms with Crippen molar-refractivity contribution in [3.05, 3.63) is 29.3 Å². The Labute approximate surface area is 114 Å². The van der Waals surface area contributed by atoms with Crippen molar-refractivity contribution in [3.63, 3.8) is 0 Å². The van der Waals surface area contributed by atoms with Crippen LogP contribution in [0, 0.1) is 6.92 Å². The van der Waals surface area contributed by atoms with Gasteiger partial charge in [-0.05, 0) is 31.4 Å². The number of carbonyl (C=O) groups is 2. The fourth-order valence-corrected chi connectivity index (χ4v) is 1.86. The molecule has 0 fully saturated rings. The number of rotatable bonds is 7. The van der Waals surface area contributed by atoms with E-state index in [-0.39, 0.29) is 18.6 Å². The molecular formula is C15H21NO3. The molecule has 0 unspecified atom stereocenters. The number of ether oxygens (including phenoxy) is 1. The lowest BCUT2D eigenvalue weighted by atomic mass is 10.1. The molecule has 0 spiro atoms. The van der Waals surface area contributed by atoms with Gasteiger partial charge in [0, 0.05) is 6.04 Å². The van der Waals surface area contributed by atoms with Crippen molar-refractivity contribution in [1.29, 1.82) is 0 Å².